The van der Waals surface area contributed by atoms with E-state index in [0.29, 0.717) is 16.8 Å². The number of carbonyl (C=O) groups is 1. The Balaban J connectivity index is 2.67. The standard InChI is InChI=1S/C8H8N2O2/c9-5-3-1-2-4-6(5)8(12)10-7(4)11/h1-3,7,11H,9H2,(H,10,12). The summed E-state index contributed by atoms with van der Waals surface area (Å²) in [6.45, 7) is 0. The molecule has 0 saturated heterocycles. The molecule has 1 aromatic rings. The molecule has 62 valence electrons. The largest absolute Gasteiger partial charge is 0.398 e. The Morgan fingerprint density at radius 1 is 1.50 bits per heavy atom. The third kappa shape index (κ3) is 0.785. The normalized spacial score (nSPS) is 20.4. The lowest BCUT2D eigenvalue weighted by Gasteiger charge is -2.01. The quantitative estimate of drug-likeness (QED) is 0.472. The van der Waals surface area contributed by atoms with Gasteiger partial charge in [-0.05, 0) is 6.07 Å². The van der Waals surface area contributed by atoms with Gasteiger partial charge in [-0.1, -0.05) is 12.1 Å². The van der Waals surface area contributed by atoms with Gasteiger partial charge in [0, 0.05) is 11.3 Å². The van der Waals surface area contributed by atoms with Gasteiger partial charge in [0.1, 0.15) is 0 Å². The molecule has 12 heavy (non-hydrogen) atoms. The molecule has 0 saturated carbocycles. The van der Waals surface area contributed by atoms with E-state index in [9.17, 15) is 9.90 Å². The van der Waals surface area contributed by atoms with Crippen LogP contribution in [-0.4, -0.2) is 11.0 Å². The zero-order valence-electron chi connectivity index (χ0n) is 6.24. The van der Waals surface area contributed by atoms with Crippen LogP contribution in [0.3, 0.4) is 0 Å². The lowest BCUT2D eigenvalue weighted by molar-refractivity contribution is 0.0851. The summed E-state index contributed by atoms with van der Waals surface area (Å²) < 4.78 is 0. The maximum Gasteiger partial charge on any atom is 0.256 e. The molecule has 1 heterocycles. The highest BCUT2D eigenvalue weighted by atomic mass is 16.3. The summed E-state index contributed by atoms with van der Waals surface area (Å²) in [7, 11) is 0. The van der Waals surface area contributed by atoms with Gasteiger partial charge >= 0.3 is 0 Å². The molecule has 1 unspecified atom stereocenters. The first-order valence-electron chi connectivity index (χ1n) is 3.57. The summed E-state index contributed by atoms with van der Waals surface area (Å²) >= 11 is 0. The monoisotopic (exact) mass is 164 g/mol. The zero-order valence-corrected chi connectivity index (χ0v) is 6.24. The van der Waals surface area contributed by atoms with Crippen molar-refractivity contribution in [3.8, 4) is 0 Å². The molecule has 4 heteroatoms. The van der Waals surface area contributed by atoms with Crippen LogP contribution in [0.4, 0.5) is 5.69 Å². The van der Waals surface area contributed by atoms with E-state index in [-0.39, 0.29) is 5.91 Å². The third-order valence-corrected chi connectivity index (χ3v) is 1.92. The number of amides is 1. The number of nitrogens with two attached hydrogens (primary N) is 1. The van der Waals surface area contributed by atoms with Gasteiger partial charge in [0.25, 0.3) is 5.91 Å². The summed E-state index contributed by atoms with van der Waals surface area (Å²) in [5.74, 6) is -0.310. The number of aliphatic hydroxyl groups excluding tert-OH is 1. The first kappa shape index (κ1) is 7.12. The van der Waals surface area contributed by atoms with Crippen molar-refractivity contribution in [3.63, 3.8) is 0 Å². The second-order valence-electron chi connectivity index (χ2n) is 2.69. The van der Waals surface area contributed by atoms with Crippen molar-refractivity contribution in [2.75, 3.05) is 5.73 Å². The second-order valence-corrected chi connectivity index (χ2v) is 2.69. The molecule has 0 aromatic heterocycles. The number of carbonyl (C=O) groups excluding carboxylic acids is 1. The lowest BCUT2D eigenvalue weighted by atomic mass is 10.1. The Morgan fingerprint density at radius 3 is 2.92 bits per heavy atom. The molecule has 4 nitrogen and oxygen atoms in total. The number of anilines is 1. The first-order valence-corrected chi connectivity index (χ1v) is 3.57. The van der Waals surface area contributed by atoms with E-state index in [4.69, 9.17) is 5.73 Å². The maximum atomic E-state index is 11.1. The molecule has 0 radical (unpaired) electrons. The summed E-state index contributed by atoms with van der Waals surface area (Å²) in [4.78, 5) is 11.1. The van der Waals surface area contributed by atoms with E-state index in [1.165, 1.54) is 0 Å². The van der Waals surface area contributed by atoms with Crippen molar-refractivity contribution < 1.29 is 9.90 Å². The minimum atomic E-state index is -0.906. The topological polar surface area (TPSA) is 75.4 Å². The number of fused-ring (bicyclic) bond motifs is 1. The van der Waals surface area contributed by atoms with Crippen LogP contribution in [0.5, 0.6) is 0 Å². The van der Waals surface area contributed by atoms with E-state index < -0.39 is 6.23 Å². The summed E-state index contributed by atoms with van der Waals surface area (Å²) in [5, 5.41) is 11.6. The van der Waals surface area contributed by atoms with Gasteiger partial charge < -0.3 is 16.2 Å². The van der Waals surface area contributed by atoms with Crippen molar-refractivity contribution in [1.82, 2.24) is 5.32 Å². The van der Waals surface area contributed by atoms with Crippen molar-refractivity contribution >= 4 is 11.6 Å². The third-order valence-electron chi connectivity index (χ3n) is 1.92. The minimum absolute atomic E-state index is 0.310. The zero-order chi connectivity index (χ0) is 8.72. The summed E-state index contributed by atoms with van der Waals surface area (Å²) in [6.07, 6.45) is -0.906. The lowest BCUT2D eigenvalue weighted by Crippen LogP contribution is -2.18. The van der Waals surface area contributed by atoms with E-state index in [1.807, 2.05) is 0 Å². The van der Waals surface area contributed by atoms with Crippen molar-refractivity contribution in [2.45, 2.75) is 6.23 Å². The highest BCUT2D eigenvalue weighted by molar-refractivity contribution is 6.03. The number of rotatable bonds is 0. The highest BCUT2D eigenvalue weighted by Gasteiger charge is 2.28. The molecule has 1 atom stereocenters. The fraction of sp³-hybridized carbons (Fsp3) is 0.125. The maximum absolute atomic E-state index is 11.1. The Hall–Kier alpha value is -1.55. The minimum Gasteiger partial charge on any atom is -0.398 e. The van der Waals surface area contributed by atoms with Gasteiger partial charge in [-0.25, -0.2) is 0 Å². The van der Waals surface area contributed by atoms with Crippen molar-refractivity contribution in [2.24, 2.45) is 0 Å². The molecule has 0 bridgehead atoms. The highest BCUT2D eigenvalue weighted by Crippen LogP contribution is 2.27. The molecule has 1 aliphatic rings. The number of benzene rings is 1. The molecule has 0 spiro atoms. The van der Waals surface area contributed by atoms with Crippen molar-refractivity contribution in [3.05, 3.63) is 29.3 Å². The van der Waals surface area contributed by atoms with Crippen LogP contribution in [-0.2, 0) is 0 Å². The van der Waals surface area contributed by atoms with Gasteiger partial charge in [-0.3, -0.25) is 4.79 Å². The Labute approximate surface area is 69.0 Å². The van der Waals surface area contributed by atoms with Gasteiger partial charge in [-0.2, -0.15) is 0 Å². The van der Waals surface area contributed by atoms with Crippen LogP contribution in [0, 0.1) is 0 Å². The van der Waals surface area contributed by atoms with Crippen LogP contribution in [0.15, 0.2) is 18.2 Å². The number of nitrogen functional groups attached to an aromatic ring is 1. The molecule has 2 rings (SSSR count). The molecule has 4 N–H and O–H groups in total. The van der Waals surface area contributed by atoms with Gasteiger partial charge in [-0.15, -0.1) is 0 Å². The second kappa shape index (κ2) is 2.22. The fourth-order valence-corrected chi connectivity index (χ4v) is 1.35. The fourth-order valence-electron chi connectivity index (χ4n) is 1.35. The number of hydrogen-bond acceptors (Lipinski definition) is 3. The Kier molecular flexibility index (Phi) is 1.31. The molecule has 1 aliphatic heterocycles. The van der Waals surface area contributed by atoms with Gasteiger partial charge in [0.2, 0.25) is 0 Å². The van der Waals surface area contributed by atoms with E-state index in [2.05, 4.69) is 5.32 Å². The molecule has 1 amide bonds. The average molecular weight is 164 g/mol. The van der Waals surface area contributed by atoms with E-state index in [0.717, 1.165) is 0 Å². The summed E-state index contributed by atoms with van der Waals surface area (Å²) in [6, 6.07) is 5.02. The molecular formula is C8H8N2O2. The molecule has 1 aromatic carbocycles. The SMILES string of the molecule is Nc1cccc2c1C(=O)NC2O. The average Bonchev–Trinajstić information content (AvgIpc) is 2.29. The predicted molar refractivity (Wildman–Crippen MR) is 43.3 cm³/mol. The summed E-state index contributed by atoms with van der Waals surface area (Å²) in [5.41, 5.74) is 6.91. The Morgan fingerprint density at radius 2 is 2.25 bits per heavy atom. The van der Waals surface area contributed by atoms with Crippen LogP contribution in [0.1, 0.15) is 22.1 Å². The van der Waals surface area contributed by atoms with Gasteiger partial charge in [0.05, 0.1) is 5.56 Å². The number of aliphatic hydroxyl groups is 1. The Bertz CT molecular complexity index is 349. The van der Waals surface area contributed by atoms with E-state index in [1.54, 1.807) is 18.2 Å². The van der Waals surface area contributed by atoms with Crippen LogP contribution < -0.4 is 11.1 Å². The van der Waals surface area contributed by atoms with Crippen LogP contribution >= 0.6 is 0 Å². The number of hydrogen-bond donors (Lipinski definition) is 3. The first-order chi connectivity index (χ1) is 5.70. The van der Waals surface area contributed by atoms with E-state index >= 15 is 0 Å². The number of nitrogens with one attached hydrogen (secondary N) is 1. The predicted octanol–water partition coefficient (Wildman–Crippen LogP) is 0.00310. The molecule has 0 aliphatic carbocycles. The molecular weight excluding hydrogens is 156 g/mol. The smallest absolute Gasteiger partial charge is 0.256 e. The molecule has 0 fully saturated rings. The van der Waals surface area contributed by atoms with Crippen LogP contribution in [0.25, 0.3) is 0 Å². The van der Waals surface area contributed by atoms with Crippen molar-refractivity contribution in [1.29, 1.82) is 0 Å². The van der Waals surface area contributed by atoms with Gasteiger partial charge in [0.15, 0.2) is 6.23 Å². The van der Waals surface area contributed by atoms with Crippen LogP contribution in [0.2, 0.25) is 0 Å².